The number of benzene rings is 1. The minimum absolute atomic E-state index is 0.118. The van der Waals surface area contributed by atoms with Crippen LogP contribution in [0.15, 0.2) is 30.3 Å². The molecule has 1 saturated heterocycles. The Hall–Kier alpha value is -1.72. The largest absolute Gasteiger partial charge is 0.376 e. The highest BCUT2D eigenvalue weighted by molar-refractivity contribution is 6.06. The van der Waals surface area contributed by atoms with Gasteiger partial charge in [-0.05, 0) is 18.9 Å². The molecule has 1 aliphatic heterocycles. The Morgan fingerprint density at radius 1 is 1.29 bits per heavy atom. The molecule has 2 fully saturated rings. The highest BCUT2D eigenvalue weighted by Gasteiger charge is 2.52. The van der Waals surface area contributed by atoms with E-state index >= 15 is 0 Å². The molecular formula is C16H20N2O3. The molecule has 0 aromatic heterocycles. The molecule has 4 unspecified atom stereocenters. The zero-order valence-electron chi connectivity index (χ0n) is 12.1. The minimum atomic E-state index is -0.381. The molecule has 0 bridgehead atoms. The lowest BCUT2D eigenvalue weighted by Crippen LogP contribution is -2.66. The number of rotatable bonds is 4. The number of ether oxygens (including phenoxy) is 1. The van der Waals surface area contributed by atoms with Gasteiger partial charge in [-0.1, -0.05) is 30.3 Å². The first-order valence-corrected chi connectivity index (χ1v) is 7.41. The highest BCUT2D eigenvalue weighted by atomic mass is 16.5. The Kier molecular flexibility index (Phi) is 3.78. The van der Waals surface area contributed by atoms with Crippen LogP contribution in [0.5, 0.6) is 0 Å². The van der Waals surface area contributed by atoms with Crippen LogP contribution in [-0.2, 0) is 14.3 Å². The van der Waals surface area contributed by atoms with E-state index < -0.39 is 0 Å². The summed E-state index contributed by atoms with van der Waals surface area (Å²) >= 11 is 0. The molecule has 4 atom stereocenters. The second-order valence-electron chi connectivity index (χ2n) is 5.65. The molecule has 2 amide bonds. The summed E-state index contributed by atoms with van der Waals surface area (Å²) in [4.78, 5) is 26.3. The Bertz CT molecular complexity index is 544. The summed E-state index contributed by atoms with van der Waals surface area (Å²) in [5, 5.41) is 0. The summed E-state index contributed by atoms with van der Waals surface area (Å²) in [6.07, 6.45) is 0.809. The standard InChI is InChI=1S/C16H20N2O3/c1-2-21-13-9-12(17)15(13)18-14(19)8-11(16(18)20)10-6-4-3-5-7-10/h3-7,11-13,15H,2,8-9,17H2,1H3. The van der Waals surface area contributed by atoms with Crippen LogP contribution < -0.4 is 5.73 Å². The molecule has 21 heavy (non-hydrogen) atoms. The molecule has 0 radical (unpaired) electrons. The van der Waals surface area contributed by atoms with Gasteiger partial charge in [0.2, 0.25) is 11.8 Å². The maximum absolute atomic E-state index is 12.6. The van der Waals surface area contributed by atoms with Crippen LogP contribution in [-0.4, -0.2) is 41.5 Å². The number of likely N-dealkylation sites (tertiary alicyclic amines) is 1. The lowest BCUT2D eigenvalue weighted by atomic mass is 9.82. The number of hydrogen-bond acceptors (Lipinski definition) is 4. The number of hydrogen-bond donors (Lipinski definition) is 1. The summed E-state index contributed by atoms with van der Waals surface area (Å²) < 4.78 is 5.58. The number of imide groups is 1. The number of carbonyl (C=O) groups is 2. The van der Waals surface area contributed by atoms with Crippen LogP contribution in [0.2, 0.25) is 0 Å². The van der Waals surface area contributed by atoms with Crippen molar-refractivity contribution in [1.82, 2.24) is 4.90 Å². The van der Waals surface area contributed by atoms with Crippen molar-refractivity contribution in [2.45, 2.75) is 43.9 Å². The van der Waals surface area contributed by atoms with Crippen molar-refractivity contribution >= 4 is 11.8 Å². The van der Waals surface area contributed by atoms with Crippen molar-refractivity contribution in [1.29, 1.82) is 0 Å². The van der Waals surface area contributed by atoms with Gasteiger partial charge in [0.1, 0.15) is 0 Å². The number of carbonyl (C=O) groups excluding carboxylic acids is 2. The van der Waals surface area contributed by atoms with E-state index in [0.717, 1.165) is 5.56 Å². The molecule has 2 N–H and O–H groups in total. The number of amides is 2. The molecule has 5 heteroatoms. The normalized spacial score (nSPS) is 32.4. The lowest BCUT2D eigenvalue weighted by molar-refractivity contribution is -0.153. The van der Waals surface area contributed by atoms with Crippen molar-refractivity contribution in [3.63, 3.8) is 0 Å². The van der Waals surface area contributed by atoms with Crippen LogP contribution in [0.1, 0.15) is 31.2 Å². The predicted molar refractivity (Wildman–Crippen MR) is 77.4 cm³/mol. The van der Waals surface area contributed by atoms with E-state index in [4.69, 9.17) is 10.5 Å². The molecule has 1 saturated carbocycles. The predicted octanol–water partition coefficient (Wildman–Crippen LogP) is 1.03. The minimum Gasteiger partial charge on any atom is -0.376 e. The first-order chi connectivity index (χ1) is 10.1. The topological polar surface area (TPSA) is 72.6 Å². The molecule has 1 aromatic rings. The fraction of sp³-hybridized carbons (Fsp3) is 0.500. The van der Waals surface area contributed by atoms with Gasteiger partial charge in [0.05, 0.1) is 18.1 Å². The third kappa shape index (κ3) is 2.36. The third-order valence-corrected chi connectivity index (χ3v) is 4.39. The summed E-state index contributed by atoms with van der Waals surface area (Å²) in [5.41, 5.74) is 6.89. The second-order valence-corrected chi connectivity index (χ2v) is 5.65. The fourth-order valence-corrected chi connectivity index (χ4v) is 3.28. The molecule has 3 rings (SSSR count). The van der Waals surface area contributed by atoms with Gasteiger partial charge in [0, 0.05) is 19.1 Å². The van der Waals surface area contributed by atoms with Gasteiger partial charge in [-0.25, -0.2) is 0 Å². The van der Waals surface area contributed by atoms with E-state index in [9.17, 15) is 9.59 Å². The summed E-state index contributed by atoms with van der Waals surface area (Å²) in [5.74, 6) is -0.663. The first-order valence-electron chi connectivity index (χ1n) is 7.41. The zero-order valence-corrected chi connectivity index (χ0v) is 12.1. The molecule has 1 heterocycles. The van der Waals surface area contributed by atoms with Gasteiger partial charge in [0.15, 0.2) is 0 Å². The van der Waals surface area contributed by atoms with Crippen LogP contribution in [0.4, 0.5) is 0 Å². The van der Waals surface area contributed by atoms with Crippen molar-refractivity contribution in [3.05, 3.63) is 35.9 Å². The Balaban J connectivity index is 1.81. The van der Waals surface area contributed by atoms with Crippen LogP contribution in [0.3, 0.4) is 0 Å². The molecule has 1 aliphatic carbocycles. The second kappa shape index (κ2) is 5.58. The SMILES string of the molecule is CCOC1CC(N)C1N1C(=O)CC(c2ccccc2)C1=O. The average molecular weight is 288 g/mol. The van der Waals surface area contributed by atoms with Gasteiger partial charge in [-0.15, -0.1) is 0 Å². The van der Waals surface area contributed by atoms with E-state index in [1.165, 1.54) is 4.90 Å². The van der Waals surface area contributed by atoms with Gasteiger partial charge < -0.3 is 10.5 Å². The summed E-state index contributed by atoms with van der Waals surface area (Å²) in [7, 11) is 0. The number of nitrogens with two attached hydrogens (primary N) is 1. The summed E-state index contributed by atoms with van der Waals surface area (Å²) in [6, 6.07) is 8.96. The maximum Gasteiger partial charge on any atom is 0.237 e. The maximum atomic E-state index is 12.6. The fourth-order valence-electron chi connectivity index (χ4n) is 3.28. The molecule has 0 spiro atoms. The monoisotopic (exact) mass is 288 g/mol. The Labute approximate surface area is 124 Å². The molecule has 5 nitrogen and oxygen atoms in total. The van der Waals surface area contributed by atoms with Gasteiger partial charge in [-0.2, -0.15) is 0 Å². The molecular weight excluding hydrogens is 268 g/mol. The Morgan fingerprint density at radius 2 is 2.00 bits per heavy atom. The van der Waals surface area contributed by atoms with Crippen molar-refractivity contribution in [2.24, 2.45) is 5.73 Å². The summed E-state index contributed by atoms with van der Waals surface area (Å²) in [6.45, 7) is 2.47. The Morgan fingerprint density at radius 3 is 2.62 bits per heavy atom. The van der Waals surface area contributed by atoms with Crippen molar-refractivity contribution < 1.29 is 14.3 Å². The van der Waals surface area contributed by atoms with E-state index in [2.05, 4.69) is 0 Å². The van der Waals surface area contributed by atoms with E-state index in [0.29, 0.717) is 13.0 Å². The number of nitrogens with zero attached hydrogens (tertiary/aromatic N) is 1. The lowest BCUT2D eigenvalue weighted by Gasteiger charge is -2.46. The smallest absolute Gasteiger partial charge is 0.237 e. The first kappa shape index (κ1) is 14.2. The van der Waals surface area contributed by atoms with Crippen molar-refractivity contribution in [2.75, 3.05) is 6.61 Å². The quantitative estimate of drug-likeness (QED) is 0.840. The van der Waals surface area contributed by atoms with E-state index in [1.807, 2.05) is 37.3 Å². The average Bonchev–Trinajstić information content (AvgIpc) is 2.76. The molecule has 112 valence electrons. The van der Waals surface area contributed by atoms with E-state index in [1.54, 1.807) is 0 Å². The highest BCUT2D eigenvalue weighted by Crippen LogP contribution is 2.36. The van der Waals surface area contributed by atoms with Crippen LogP contribution in [0.25, 0.3) is 0 Å². The van der Waals surface area contributed by atoms with Gasteiger partial charge >= 0.3 is 0 Å². The van der Waals surface area contributed by atoms with Crippen LogP contribution >= 0.6 is 0 Å². The van der Waals surface area contributed by atoms with Gasteiger partial charge in [-0.3, -0.25) is 14.5 Å². The van der Waals surface area contributed by atoms with E-state index in [-0.39, 0.29) is 42.3 Å². The van der Waals surface area contributed by atoms with Crippen LogP contribution in [0, 0.1) is 0 Å². The van der Waals surface area contributed by atoms with Crippen molar-refractivity contribution in [3.8, 4) is 0 Å². The third-order valence-electron chi connectivity index (χ3n) is 4.39. The van der Waals surface area contributed by atoms with Gasteiger partial charge in [0.25, 0.3) is 0 Å². The zero-order chi connectivity index (χ0) is 15.0. The molecule has 1 aromatic carbocycles. The molecule has 2 aliphatic rings.